The number of carbonyl (C=O) groups excluding carboxylic acids is 1. The van der Waals surface area contributed by atoms with Gasteiger partial charge in [0.2, 0.25) is 0 Å². The van der Waals surface area contributed by atoms with Crippen LogP contribution in [0.3, 0.4) is 0 Å². The Bertz CT molecular complexity index is 645. The zero-order chi connectivity index (χ0) is 15.9. The average molecular weight is 320 g/mol. The quantitative estimate of drug-likeness (QED) is 0.887. The van der Waals surface area contributed by atoms with Crippen molar-refractivity contribution in [1.29, 1.82) is 0 Å². The monoisotopic (exact) mass is 319 g/mol. The standard InChI is InChI=1S/C17H18ClNO3/c1-21-15-8-4-5-12(10-15)16(22-2)11-19-17(20)13-6-3-7-14(18)9-13/h3-10,16H,11H2,1-2H3,(H,19,20)/t16-/m0/s1. The van der Waals surface area contributed by atoms with Gasteiger partial charge in [-0.15, -0.1) is 0 Å². The molecule has 1 N–H and O–H groups in total. The van der Waals surface area contributed by atoms with Crippen LogP contribution < -0.4 is 10.1 Å². The number of benzene rings is 2. The van der Waals surface area contributed by atoms with Crippen molar-refractivity contribution in [2.75, 3.05) is 20.8 Å². The second kappa shape index (κ2) is 7.82. The van der Waals surface area contributed by atoms with E-state index in [2.05, 4.69) is 5.32 Å². The molecule has 1 atom stereocenters. The van der Waals surface area contributed by atoms with Gasteiger partial charge in [-0.05, 0) is 35.9 Å². The minimum atomic E-state index is -0.252. The third kappa shape index (κ3) is 4.23. The van der Waals surface area contributed by atoms with E-state index in [1.807, 2.05) is 24.3 Å². The summed E-state index contributed by atoms with van der Waals surface area (Å²) in [6.07, 6.45) is -0.252. The fourth-order valence-electron chi connectivity index (χ4n) is 2.10. The zero-order valence-corrected chi connectivity index (χ0v) is 13.3. The lowest BCUT2D eigenvalue weighted by atomic mass is 10.1. The van der Waals surface area contributed by atoms with Gasteiger partial charge < -0.3 is 14.8 Å². The minimum Gasteiger partial charge on any atom is -0.497 e. The highest BCUT2D eigenvalue weighted by Gasteiger charge is 2.14. The number of methoxy groups -OCH3 is 2. The highest BCUT2D eigenvalue weighted by atomic mass is 35.5. The summed E-state index contributed by atoms with van der Waals surface area (Å²) < 4.78 is 10.6. The molecule has 0 saturated heterocycles. The molecule has 0 aliphatic carbocycles. The van der Waals surface area contributed by atoms with Crippen LogP contribution in [0.15, 0.2) is 48.5 Å². The van der Waals surface area contributed by atoms with Crippen molar-refractivity contribution in [2.24, 2.45) is 0 Å². The van der Waals surface area contributed by atoms with Crippen molar-refractivity contribution in [1.82, 2.24) is 5.32 Å². The zero-order valence-electron chi connectivity index (χ0n) is 12.5. The van der Waals surface area contributed by atoms with Crippen molar-refractivity contribution >= 4 is 17.5 Å². The average Bonchev–Trinajstić information content (AvgIpc) is 2.55. The van der Waals surface area contributed by atoms with Crippen LogP contribution in [0.5, 0.6) is 5.75 Å². The van der Waals surface area contributed by atoms with E-state index < -0.39 is 0 Å². The summed E-state index contributed by atoms with van der Waals surface area (Å²) in [5, 5.41) is 3.38. The van der Waals surface area contributed by atoms with E-state index in [0.717, 1.165) is 11.3 Å². The SMILES string of the molecule is COc1cccc([C@H](CNC(=O)c2cccc(Cl)c2)OC)c1. The maximum Gasteiger partial charge on any atom is 0.251 e. The van der Waals surface area contributed by atoms with Crippen LogP contribution in [0.25, 0.3) is 0 Å². The van der Waals surface area contributed by atoms with Crippen molar-refractivity contribution in [3.8, 4) is 5.75 Å². The molecule has 0 aliphatic heterocycles. The number of nitrogens with one attached hydrogen (secondary N) is 1. The Morgan fingerprint density at radius 2 is 1.95 bits per heavy atom. The fourth-order valence-corrected chi connectivity index (χ4v) is 2.29. The number of halogens is 1. The van der Waals surface area contributed by atoms with Crippen LogP contribution in [0.1, 0.15) is 22.0 Å². The number of amides is 1. The van der Waals surface area contributed by atoms with E-state index in [1.165, 1.54) is 0 Å². The van der Waals surface area contributed by atoms with Crippen LogP contribution in [0.2, 0.25) is 5.02 Å². The Morgan fingerprint density at radius 3 is 2.64 bits per heavy atom. The lowest BCUT2D eigenvalue weighted by Gasteiger charge is -2.17. The number of hydrogen-bond donors (Lipinski definition) is 1. The first-order chi connectivity index (χ1) is 10.6. The molecule has 0 aromatic heterocycles. The molecule has 0 fully saturated rings. The summed E-state index contributed by atoms with van der Waals surface area (Å²) in [5.74, 6) is 0.563. The van der Waals surface area contributed by atoms with Gasteiger partial charge in [-0.1, -0.05) is 29.8 Å². The van der Waals surface area contributed by atoms with Crippen LogP contribution >= 0.6 is 11.6 Å². The van der Waals surface area contributed by atoms with Gasteiger partial charge in [-0.3, -0.25) is 4.79 Å². The smallest absolute Gasteiger partial charge is 0.251 e. The van der Waals surface area contributed by atoms with Crippen LogP contribution in [-0.2, 0) is 4.74 Å². The molecule has 4 nitrogen and oxygen atoms in total. The molecular weight excluding hydrogens is 302 g/mol. The highest BCUT2D eigenvalue weighted by molar-refractivity contribution is 6.30. The third-order valence-corrected chi connectivity index (χ3v) is 3.52. The number of rotatable bonds is 6. The van der Waals surface area contributed by atoms with E-state index in [4.69, 9.17) is 21.1 Å². The van der Waals surface area contributed by atoms with Gasteiger partial charge in [-0.25, -0.2) is 0 Å². The Kier molecular flexibility index (Phi) is 5.81. The Labute approximate surface area is 135 Å². The first-order valence-electron chi connectivity index (χ1n) is 6.84. The van der Waals surface area contributed by atoms with Gasteiger partial charge in [0.25, 0.3) is 5.91 Å². The Morgan fingerprint density at radius 1 is 1.18 bits per heavy atom. The third-order valence-electron chi connectivity index (χ3n) is 3.28. The molecule has 2 aromatic carbocycles. The maximum atomic E-state index is 12.1. The molecule has 2 rings (SSSR count). The topological polar surface area (TPSA) is 47.6 Å². The normalized spacial score (nSPS) is 11.8. The van der Waals surface area contributed by atoms with Gasteiger partial charge in [0.05, 0.1) is 13.2 Å². The van der Waals surface area contributed by atoms with Crippen LogP contribution in [0.4, 0.5) is 0 Å². The Balaban J connectivity index is 2.03. The predicted molar refractivity (Wildman–Crippen MR) is 86.5 cm³/mol. The largest absolute Gasteiger partial charge is 0.497 e. The molecular formula is C17H18ClNO3. The van der Waals surface area contributed by atoms with E-state index in [1.54, 1.807) is 38.5 Å². The predicted octanol–water partition coefficient (Wildman–Crippen LogP) is 3.47. The molecule has 0 unspecified atom stereocenters. The van der Waals surface area contributed by atoms with Gasteiger partial charge in [0, 0.05) is 24.2 Å². The Hall–Kier alpha value is -2.04. The first-order valence-corrected chi connectivity index (χ1v) is 7.22. The van der Waals surface area contributed by atoms with Gasteiger partial charge in [0.15, 0.2) is 0 Å². The van der Waals surface area contributed by atoms with E-state index in [-0.39, 0.29) is 12.0 Å². The molecule has 0 saturated carbocycles. The second-order valence-electron chi connectivity index (χ2n) is 4.72. The summed E-state index contributed by atoms with van der Waals surface area (Å²) in [6.45, 7) is 0.356. The molecule has 1 amide bonds. The van der Waals surface area contributed by atoms with Crippen molar-refractivity contribution in [3.05, 3.63) is 64.7 Å². The summed E-state index contributed by atoms with van der Waals surface area (Å²) in [4.78, 5) is 12.1. The summed E-state index contributed by atoms with van der Waals surface area (Å²) in [5.41, 5.74) is 1.46. The molecule has 0 bridgehead atoms. The minimum absolute atomic E-state index is 0.188. The summed E-state index contributed by atoms with van der Waals surface area (Å²) in [7, 11) is 3.22. The lowest BCUT2D eigenvalue weighted by molar-refractivity contribution is 0.0827. The van der Waals surface area contributed by atoms with E-state index in [0.29, 0.717) is 17.1 Å². The second-order valence-corrected chi connectivity index (χ2v) is 5.16. The molecule has 116 valence electrons. The van der Waals surface area contributed by atoms with Crippen molar-refractivity contribution in [3.63, 3.8) is 0 Å². The van der Waals surface area contributed by atoms with Gasteiger partial charge in [-0.2, -0.15) is 0 Å². The molecule has 22 heavy (non-hydrogen) atoms. The molecule has 2 aromatic rings. The molecule has 0 aliphatic rings. The number of carbonyl (C=O) groups is 1. The number of hydrogen-bond acceptors (Lipinski definition) is 3. The van der Waals surface area contributed by atoms with Crippen LogP contribution in [-0.4, -0.2) is 26.7 Å². The van der Waals surface area contributed by atoms with E-state index in [9.17, 15) is 4.79 Å². The van der Waals surface area contributed by atoms with Crippen molar-refractivity contribution < 1.29 is 14.3 Å². The molecule has 0 radical (unpaired) electrons. The van der Waals surface area contributed by atoms with Crippen LogP contribution in [0, 0.1) is 0 Å². The molecule has 0 spiro atoms. The first kappa shape index (κ1) is 16.3. The fraction of sp³-hybridized carbons (Fsp3) is 0.235. The molecule has 5 heteroatoms. The lowest BCUT2D eigenvalue weighted by Crippen LogP contribution is -2.29. The van der Waals surface area contributed by atoms with Gasteiger partial charge >= 0.3 is 0 Å². The highest BCUT2D eigenvalue weighted by Crippen LogP contribution is 2.21. The summed E-state index contributed by atoms with van der Waals surface area (Å²) in [6, 6.07) is 14.4. The molecule has 0 heterocycles. The van der Waals surface area contributed by atoms with Crippen molar-refractivity contribution in [2.45, 2.75) is 6.10 Å². The van der Waals surface area contributed by atoms with E-state index >= 15 is 0 Å². The number of ether oxygens (including phenoxy) is 2. The maximum absolute atomic E-state index is 12.1. The summed E-state index contributed by atoms with van der Waals surface area (Å²) >= 11 is 5.89. The van der Waals surface area contributed by atoms with Gasteiger partial charge in [0.1, 0.15) is 5.75 Å².